The molecule has 1 unspecified atom stereocenters. The maximum Gasteiger partial charge on any atom is 0.416 e. The van der Waals surface area contributed by atoms with E-state index < -0.39 is 11.7 Å². The summed E-state index contributed by atoms with van der Waals surface area (Å²) in [5.74, 6) is -0.00483. The van der Waals surface area contributed by atoms with Crippen LogP contribution in [0.5, 0.6) is 0 Å². The first kappa shape index (κ1) is 14.0. The standard InChI is InChI=1S/C13H17F3O/c1-9(12(2,3)8-17)10-4-6-11(7-5-10)13(14,15)16/h4-7,9,17H,8H2,1-3H3. The van der Waals surface area contributed by atoms with Gasteiger partial charge in [-0.05, 0) is 29.0 Å². The lowest BCUT2D eigenvalue weighted by molar-refractivity contribution is -0.137. The minimum Gasteiger partial charge on any atom is -0.396 e. The van der Waals surface area contributed by atoms with Crippen molar-refractivity contribution < 1.29 is 18.3 Å². The number of aliphatic hydroxyl groups excluding tert-OH is 1. The van der Waals surface area contributed by atoms with Gasteiger partial charge in [0.05, 0.1) is 5.56 Å². The third-order valence-corrected chi connectivity index (χ3v) is 3.32. The normalized spacial score (nSPS) is 14.8. The van der Waals surface area contributed by atoms with Crippen LogP contribution < -0.4 is 0 Å². The molecule has 0 fully saturated rings. The number of alkyl halides is 3. The van der Waals surface area contributed by atoms with Crippen molar-refractivity contribution in [2.45, 2.75) is 32.9 Å². The number of aliphatic hydroxyl groups is 1. The predicted octanol–water partition coefficient (Wildman–Crippen LogP) is 3.83. The zero-order chi connectivity index (χ0) is 13.3. The molecule has 0 spiro atoms. The molecule has 0 aliphatic heterocycles. The highest BCUT2D eigenvalue weighted by Gasteiger charge is 2.31. The van der Waals surface area contributed by atoms with Crippen LogP contribution in [0.4, 0.5) is 13.2 Å². The molecule has 1 rings (SSSR count). The second-order valence-corrected chi connectivity index (χ2v) is 4.99. The predicted molar refractivity (Wildman–Crippen MR) is 60.7 cm³/mol. The summed E-state index contributed by atoms with van der Waals surface area (Å²) in [5, 5.41) is 9.23. The van der Waals surface area contributed by atoms with Crippen molar-refractivity contribution in [2.24, 2.45) is 5.41 Å². The van der Waals surface area contributed by atoms with Crippen LogP contribution in [0.2, 0.25) is 0 Å². The largest absolute Gasteiger partial charge is 0.416 e. The van der Waals surface area contributed by atoms with Crippen molar-refractivity contribution >= 4 is 0 Å². The fraction of sp³-hybridized carbons (Fsp3) is 0.538. The van der Waals surface area contributed by atoms with Crippen molar-refractivity contribution in [3.63, 3.8) is 0 Å². The van der Waals surface area contributed by atoms with E-state index >= 15 is 0 Å². The molecule has 0 saturated heterocycles. The number of halogens is 3. The number of hydrogen-bond donors (Lipinski definition) is 1. The van der Waals surface area contributed by atoms with Crippen molar-refractivity contribution in [1.29, 1.82) is 0 Å². The van der Waals surface area contributed by atoms with Crippen LogP contribution in [-0.4, -0.2) is 11.7 Å². The molecule has 17 heavy (non-hydrogen) atoms. The van der Waals surface area contributed by atoms with E-state index in [0.717, 1.165) is 17.7 Å². The van der Waals surface area contributed by atoms with Gasteiger partial charge in [0.2, 0.25) is 0 Å². The number of benzene rings is 1. The molecule has 0 heterocycles. The van der Waals surface area contributed by atoms with Gasteiger partial charge in [0.15, 0.2) is 0 Å². The Labute approximate surface area is 99.3 Å². The molecule has 1 atom stereocenters. The van der Waals surface area contributed by atoms with Gasteiger partial charge in [0, 0.05) is 6.61 Å². The molecule has 1 N–H and O–H groups in total. The van der Waals surface area contributed by atoms with Crippen LogP contribution in [0.1, 0.15) is 37.8 Å². The van der Waals surface area contributed by atoms with Crippen molar-refractivity contribution in [3.8, 4) is 0 Å². The summed E-state index contributed by atoms with van der Waals surface area (Å²) >= 11 is 0. The molecule has 0 radical (unpaired) electrons. The molecular weight excluding hydrogens is 229 g/mol. The fourth-order valence-electron chi connectivity index (χ4n) is 1.55. The van der Waals surface area contributed by atoms with Crippen molar-refractivity contribution in [3.05, 3.63) is 35.4 Å². The van der Waals surface area contributed by atoms with Crippen LogP contribution in [0, 0.1) is 5.41 Å². The maximum absolute atomic E-state index is 12.4. The minimum absolute atomic E-state index is 0.00477. The van der Waals surface area contributed by atoms with E-state index in [1.54, 1.807) is 0 Å². The average Bonchev–Trinajstić information content (AvgIpc) is 2.27. The summed E-state index contributed by atoms with van der Waals surface area (Å²) in [6.07, 6.45) is -4.30. The summed E-state index contributed by atoms with van der Waals surface area (Å²) in [4.78, 5) is 0. The summed E-state index contributed by atoms with van der Waals surface area (Å²) in [6.45, 7) is 5.67. The van der Waals surface area contributed by atoms with Gasteiger partial charge in [-0.15, -0.1) is 0 Å². The first-order valence-corrected chi connectivity index (χ1v) is 5.46. The Bertz CT molecular complexity index is 365. The lowest BCUT2D eigenvalue weighted by atomic mass is 9.76. The Hall–Kier alpha value is -1.03. The molecule has 1 nitrogen and oxygen atoms in total. The molecule has 0 saturated carbocycles. The molecular formula is C13H17F3O. The van der Waals surface area contributed by atoms with Crippen molar-refractivity contribution in [1.82, 2.24) is 0 Å². The molecule has 0 aliphatic carbocycles. The van der Waals surface area contributed by atoms with E-state index in [-0.39, 0.29) is 17.9 Å². The SMILES string of the molecule is CC(c1ccc(C(F)(F)F)cc1)C(C)(C)CO. The highest BCUT2D eigenvalue weighted by atomic mass is 19.4. The van der Waals surface area contributed by atoms with Crippen LogP contribution in [-0.2, 0) is 6.18 Å². The van der Waals surface area contributed by atoms with E-state index in [2.05, 4.69) is 0 Å². The third kappa shape index (κ3) is 3.22. The Morgan fingerprint density at radius 1 is 1.12 bits per heavy atom. The molecule has 0 bridgehead atoms. The lowest BCUT2D eigenvalue weighted by Gasteiger charge is -2.30. The highest BCUT2D eigenvalue weighted by molar-refractivity contribution is 5.27. The average molecular weight is 246 g/mol. The van der Waals surface area contributed by atoms with Gasteiger partial charge in [0.25, 0.3) is 0 Å². The summed E-state index contributed by atoms with van der Waals surface area (Å²) < 4.78 is 37.1. The number of hydrogen-bond acceptors (Lipinski definition) is 1. The second kappa shape index (κ2) is 4.69. The Morgan fingerprint density at radius 3 is 1.94 bits per heavy atom. The zero-order valence-corrected chi connectivity index (χ0v) is 10.2. The Kier molecular flexibility index (Phi) is 3.87. The molecule has 96 valence electrons. The molecule has 0 amide bonds. The molecule has 1 aromatic carbocycles. The Balaban J connectivity index is 2.96. The number of rotatable bonds is 3. The summed E-state index contributed by atoms with van der Waals surface area (Å²) in [6, 6.07) is 5.12. The van der Waals surface area contributed by atoms with E-state index in [4.69, 9.17) is 0 Å². The Morgan fingerprint density at radius 2 is 1.59 bits per heavy atom. The zero-order valence-electron chi connectivity index (χ0n) is 10.2. The quantitative estimate of drug-likeness (QED) is 0.859. The van der Waals surface area contributed by atoms with Crippen LogP contribution in [0.3, 0.4) is 0 Å². The van der Waals surface area contributed by atoms with E-state index in [9.17, 15) is 18.3 Å². The molecule has 4 heteroatoms. The molecule has 0 aromatic heterocycles. The minimum atomic E-state index is -4.30. The van der Waals surface area contributed by atoms with E-state index in [0.29, 0.717) is 0 Å². The van der Waals surface area contributed by atoms with Crippen LogP contribution in [0.15, 0.2) is 24.3 Å². The van der Waals surface area contributed by atoms with Gasteiger partial charge in [0.1, 0.15) is 0 Å². The van der Waals surface area contributed by atoms with Gasteiger partial charge in [-0.3, -0.25) is 0 Å². The van der Waals surface area contributed by atoms with Gasteiger partial charge in [-0.25, -0.2) is 0 Å². The van der Waals surface area contributed by atoms with E-state index in [1.807, 2.05) is 20.8 Å². The maximum atomic E-state index is 12.4. The van der Waals surface area contributed by atoms with Crippen LogP contribution >= 0.6 is 0 Å². The summed E-state index contributed by atoms with van der Waals surface area (Å²) in [7, 11) is 0. The van der Waals surface area contributed by atoms with E-state index in [1.165, 1.54) is 12.1 Å². The topological polar surface area (TPSA) is 20.2 Å². The first-order valence-electron chi connectivity index (χ1n) is 5.46. The van der Waals surface area contributed by atoms with Gasteiger partial charge in [-0.1, -0.05) is 32.9 Å². The highest BCUT2D eigenvalue weighted by Crippen LogP contribution is 2.36. The summed E-state index contributed by atoms with van der Waals surface area (Å²) in [5.41, 5.74) is -0.188. The van der Waals surface area contributed by atoms with Crippen LogP contribution in [0.25, 0.3) is 0 Å². The second-order valence-electron chi connectivity index (χ2n) is 4.99. The smallest absolute Gasteiger partial charge is 0.396 e. The lowest BCUT2D eigenvalue weighted by Crippen LogP contribution is -2.24. The molecule has 1 aromatic rings. The molecule has 0 aliphatic rings. The van der Waals surface area contributed by atoms with Gasteiger partial charge < -0.3 is 5.11 Å². The monoisotopic (exact) mass is 246 g/mol. The third-order valence-electron chi connectivity index (χ3n) is 3.32. The fourth-order valence-corrected chi connectivity index (χ4v) is 1.55. The van der Waals surface area contributed by atoms with Gasteiger partial charge >= 0.3 is 6.18 Å². The van der Waals surface area contributed by atoms with Gasteiger partial charge in [-0.2, -0.15) is 13.2 Å². The van der Waals surface area contributed by atoms with Crippen molar-refractivity contribution in [2.75, 3.05) is 6.61 Å². The first-order chi connectivity index (χ1) is 7.68.